The molecule has 0 aromatic rings. The van der Waals surface area contributed by atoms with Crippen LogP contribution in [0.25, 0.3) is 0 Å². The fourth-order valence-electron chi connectivity index (χ4n) is 3.12. The highest BCUT2D eigenvalue weighted by molar-refractivity contribution is 8.13. The minimum atomic E-state index is -0.686. The van der Waals surface area contributed by atoms with Crippen molar-refractivity contribution < 1.29 is 4.79 Å². The number of nitrogens with one attached hydrogen (secondary N) is 1. The van der Waals surface area contributed by atoms with Gasteiger partial charge in [0.05, 0.1) is 15.9 Å². The number of alkyl halides is 1. The lowest BCUT2D eigenvalue weighted by molar-refractivity contribution is -0.121. The summed E-state index contributed by atoms with van der Waals surface area (Å²) < 4.78 is 0. The number of rotatable bonds is 3. The Hall–Kier alpha value is -1.24. The van der Waals surface area contributed by atoms with Crippen LogP contribution in [-0.2, 0) is 4.79 Å². The van der Waals surface area contributed by atoms with Gasteiger partial charge < -0.3 is 11.1 Å². The van der Waals surface area contributed by atoms with Gasteiger partial charge in [-0.3, -0.25) is 14.8 Å². The maximum Gasteiger partial charge on any atom is 0.251 e. The number of carbonyl (C=O) groups is 1. The Morgan fingerprint density at radius 1 is 1.48 bits per heavy atom. The van der Waals surface area contributed by atoms with Crippen LogP contribution in [0.15, 0.2) is 45.0 Å². The number of allylic oxidation sites excluding steroid dienone is 3. The average Bonchev–Trinajstić information content (AvgIpc) is 2.54. The Balaban J connectivity index is 1.71. The molecule has 2 heterocycles. The molecule has 4 atom stereocenters. The van der Waals surface area contributed by atoms with Crippen LogP contribution >= 0.6 is 35.0 Å². The van der Waals surface area contributed by atoms with E-state index in [0.29, 0.717) is 10.2 Å². The number of halogens is 2. The first-order valence-corrected chi connectivity index (χ1v) is 9.89. The maximum absolute atomic E-state index is 12.5. The number of nitrogens with two attached hydrogens (primary N) is 1. The molecule has 0 bridgehead atoms. The van der Waals surface area contributed by atoms with Gasteiger partial charge in [-0.1, -0.05) is 35.5 Å². The number of nitrogens with zero attached hydrogens (tertiary/aromatic N) is 2. The van der Waals surface area contributed by atoms with Gasteiger partial charge in [0.2, 0.25) is 0 Å². The third-order valence-corrected chi connectivity index (χ3v) is 5.99. The van der Waals surface area contributed by atoms with E-state index >= 15 is 0 Å². The van der Waals surface area contributed by atoms with Gasteiger partial charge in [-0.25, -0.2) is 0 Å². The van der Waals surface area contributed by atoms with E-state index < -0.39 is 11.4 Å². The molecule has 1 aliphatic carbocycles. The molecule has 25 heavy (non-hydrogen) atoms. The van der Waals surface area contributed by atoms with Crippen LogP contribution in [0.5, 0.6) is 0 Å². The van der Waals surface area contributed by atoms with Gasteiger partial charge in [0.25, 0.3) is 5.91 Å². The summed E-state index contributed by atoms with van der Waals surface area (Å²) in [5.41, 5.74) is 6.41. The summed E-state index contributed by atoms with van der Waals surface area (Å²) in [6.45, 7) is 2.12. The summed E-state index contributed by atoms with van der Waals surface area (Å²) in [5, 5.41) is 3.43. The molecule has 0 aromatic carbocycles. The van der Waals surface area contributed by atoms with Gasteiger partial charge in [0.15, 0.2) is 5.17 Å². The van der Waals surface area contributed by atoms with Crippen molar-refractivity contribution in [1.29, 1.82) is 0 Å². The van der Waals surface area contributed by atoms with Crippen molar-refractivity contribution in [3.8, 4) is 0 Å². The minimum Gasteiger partial charge on any atom is -0.379 e. The Kier molecular flexibility index (Phi) is 5.61. The first kappa shape index (κ1) is 18.5. The Morgan fingerprint density at radius 2 is 2.28 bits per heavy atom. The number of aliphatic imine (C=N–C) groups is 2. The van der Waals surface area contributed by atoms with Crippen molar-refractivity contribution in [1.82, 2.24) is 5.32 Å². The highest BCUT2D eigenvalue weighted by Gasteiger charge is 2.36. The molecule has 3 N–H and O–H groups in total. The van der Waals surface area contributed by atoms with Gasteiger partial charge in [0.1, 0.15) is 6.04 Å². The van der Waals surface area contributed by atoms with Crippen LogP contribution in [0.1, 0.15) is 19.8 Å². The van der Waals surface area contributed by atoms with Crippen molar-refractivity contribution >= 4 is 52.3 Å². The van der Waals surface area contributed by atoms with E-state index in [1.165, 1.54) is 6.21 Å². The minimum absolute atomic E-state index is 0.184. The molecule has 0 spiro atoms. The zero-order valence-corrected chi connectivity index (χ0v) is 16.1. The molecule has 8 heteroatoms. The second-order valence-electron chi connectivity index (χ2n) is 6.48. The molecular weight excluding hydrogens is 379 g/mol. The Bertz CT molecular complexity index is 715. The first-order valence-electron chi connectivity index (χ1n) is 8.09. The van der Waals surface area contributed by atoms with Crippen LogP contribution in [-0.4, -0.2) is 40.0 Å². The predicted molar refractivity (Wildman–Crippen MR) is 106 cm³/mol. The molecule has 134 valence electrons. The molecular formula is C17H20Cl2N4OS. The second-order valence-corrected chi connectivity index (χ2v) is 8.54. The highest BCUT2D eigenvalue weighted by atomic mass is 35.5. The molecule has 0 fully saturated rings. The van der Waals surface area contributed by atoms with E-state index in [-0.39, 0.29) is 17.4 Å². The maximum atomic E-state index is 12.5. The number of hydrogen-bond donors (Lipinski definition) is 2. The summed E-state index contributed by atoms with van der Waals surface area (Å²) in [6.07, 6.45) is 10.9. The van der Waals surface area contributed by atoms with Crippen LogP contribution in [0.3, 0.4) is 0 Å². The summed E-state index contributed by atoms with van der Waals surface area (Å²) in [4.78, 5) is 21.3. The van der Waals surface area contributed by atoms with Crippen molar-refractivity contribution in [3.63, 3.8) is 0 Å². The molecule has 0 saturated carbocycles. The normalized spacial score (nSPS) is 34.8. The SMILES string of the molecule is C[C@@]1(C2C=C(NC(=O)C3N=CC(Cl)=CC3Cl)C=CC2)CCSC(N)=N1. The van der Waals surface area contributed by atoms with Gasteiger partial charge in [0, 0.05) is 23.6 Å². The Morgan fingerprint density at radius 3 is 3.00 bits per heavy atom. The van der Waals surface area contributed by atoms with Crippen molar-refractivity contribution in [2.75, 3.05) is 5.75 Å². The fourth-order valence-corrected chi connectivity index (χ4v) is 4.69. The van der Waals surface area contributed by atoms with Crippen molar-refractivity contribution in [2.45, 2.75) is 36.7 Å². The van der Waals surface area contributed by atoms with E-state index in [1.807, 2.05) is 6.08 Å². The van der Waals surface area contributed by atoms with Crippen LogP contribution in [0, 0.1) is 5.92 Å². The predicted octanol–water partition coefficient (Wildman–Crippen LogP) is 2.96. The average molecular weight is 399 g/mol. The highest BCUT2D eigenvalue weighted by Crippen LogP contribution is 2.37. The summed E-state index contributed by atoms with van der Waals surface area (Å²) in [7, 11) is 0. The molecule has 3 aliphatic rings. The zero-order valence-electron chi connectivity index (χ0n) is 13.8. The third-order valence-electron chi connectivity index (χ3n) is 4.61. The van der Waals surface area contributed by atoms with E-state index in [9.17, 15) is 4.79 Å². The quantitative estimate of drug-likeness (QED) is 0.717. The molecule has 0 saturated heterocycles. The van der Waals surface area contributed by atoms with E-state index in [1.54, 1.807) is 17.8 Å². The molecule has 3 rings (SSSR count). The van der Waals surface area contributed by atoms with Gasteiger partial charge >= 0.3 is 0 Å². The summed E-state index contributed by atoms with van der Waals surface area (Å²) in [6, 6.07) is -0.686. The third kappa shape index (κ3) is 4.30. The largest absolute Gasteiger partial charge is 0.379 e. The monoisotopic (exact) mass is 398 g/mol. The van der Waals surface area contributed by atoms with Gasteiger partial charge in [-0.05, 0) is 31.9 Å². The second kappa shape index (κ2) is 7.56. The number of dihydropyridines is 1. The lowest BCUT2D eigenvalue weighted by Gasteiger charge is -2.36. The standard InChI is InChI=1S/C17H20Cl2N4OS/c1-17(5-6-25-16(20)23-17)10-3-2-4-12(7-10)22-15(24)14-13(19)8-11(18)9-21-14/h2,4,7-10,13-14H,3,5-6H2,1H3,(H2,20,23)(H,22,24)/t10?,13?,14?,17-/m0/s1. The number of carbonyl (C=O) groups excluding carboxylic acids is 1. The molecule has 5 nitrogen and oxygen atoms in total. The number of thioether (sulfide) groups is 1. The zero-order chi connectivity index (χ0) is 18.0. The molecule has 3 unspecified atom stereocenters. The van der Waals surface area contributed by atoms with Crippen LogP contribution < -0.4 is 11.1 Å². The topological polar surface area (TPSA) is 79.8 Å². The van der Waals surface area contributed by atoms with Gasteiger partial charge in [-0.2, -0.15) is 0 Å². The molecule has 1 amide bonds. The molecule has 2 aliphatic heterocycles. The Labute approximate surface area is 161 Å². The fraction of sp³-hybridized carbons (Fsp3) is 0.471. The summed E-state index contributed by atoms with van der Waals surface area (Å²) in [5.74, 6) is 0.892. The van der Waals surface area contributed by atoms with Crippen LogP contribution in [0.2, 0.25) is 0 Å². The number of hydrogen-bond acceptors (Lipinski definition) is 5. The number of amidine groups is 1. The summed E-state index contributed by atoms with van der Waals surface area (Å²) >= 11 is 13.6. The van der Waals surface area contributed by atoms with E-state index in [4.69, 9.17) is 28.9 Å². The lowest BCUT2D eigenvalue weighted by Crippen LogP contribution is -2.41. The lowest BCUT2D eigenvalue weighted by atomic mass is 9.79. The number of amides is 1. The first-order chi connectivity index (χ1) is 11.9. The van der Waals surface area contributed by atoms with E-state index in [0.717, 1.165) is 24.3 Å². The van der Waals surface area contributed by atoms with Crippen LogP contribution in [0.4, 0.5) is 0 Å². The van der Waals surface area contributed by atoms with Gasteiger partial charge in [-0.15, -0.1) is 11.6 Å². The van der Waals surface area contributed by atoms with E-state index in [2.05, 4.69) is 34.4 Å². The van der Waals surface area contributed by atoms with Crippen molar-refractivity contribution in [2.24, 2.45) is 21.6 Å². The van der Waals surface area contributed by atoms with Crippen molar-refractivity contribution in [3.05, 3.63) is 35.0 Å². The molecule has 0 radical (unpaired) electrons. The molecule has 0 aromatic heterocycles. The smallest absolute Gasteiger partial charge is 0.251 e.